The second kappa shape index (κ2) is 5.81. The molecule has 0 rings (SSSR count). The van der Waals surface area contributed by atoms with Crippen LogP contribution in [-0.2, 0) is 14.3 Å². The Morgan fingerprint density at radius 1 is 1.38 bits per heavy atom. The van der Waals surface area contributed by atoms with Gasteiger partial charge in [-0.05, 0) is 6.92 Å². The number of carbonyl (C=O) groups is 2. The van der Waals surface area contributed by atoms with Crippen LogP contribution in [-0.4, -0.2) is 61.4 Å². The molecule has 0 aliphatic carbocycles. The van der Waals surface area contributed by atoms with E-state index in [-0.39, 0.29) is 6.42 Å². The predicted octanol–water partition coefficient (Wildman–Crippen LogP) is -0.574. The fraction of sp³-hybridized carbons (Fsp3) is 0.800. The molecule has 94 valence electrons. The molecule has 0 aromatic heterocycles. The SMILES string of the molecule is C[C@H](N)C(=O)O[C@@H](CC(=O)O)C[N+](C)(C)C. The maximum Gasteiger partial charge on any atom is 0.323 e. The Kier molecular flexibility index (Phi) is 5.40. The summed E-state index contributed by atoms with van der Waals surface area (Å²) in [6, 6.07) is -0.733. The zero-order valence-corrected chi connectivity index (χ0v) is 10.3. The smallest absolute Gasteiger partial charge is 0.323 e. The minimum Gasteiger partial charge on any atom is -0.481 e. The van der Waals surface area contributed by atoms with Crippen LogP contribution in [0.15, 0.2) is 0 Å². The van der Waals surface area contributed by atoms with Gasteiger partial charge in [-0.25, -0.2) is 0 Å². The number of rotatable bonds is 6. The highest BCUT2D eigenvalue weighted by Crippen LogP contribution is 2.06. The largest absolute Gasteiger partial charge is 0.481 e. The number of nitrogens with zero attached hydrogens (tertiary/aromatic N) is 1. The first-order chi connectivity index (χ1) is 7.11. The van der Waals surface area contributed by atoms with Gasteiger partial charge in [0.1, 0.15) is 12.6 Å². The summed E-state index contributed by atoms with van der Waals surface area (Å²) in [4.78, 5) is 21.9. The fourth-order valence-corrected chi connectivity index (χ4v) is 1.22. The van der Waals surface area contributed by atoms with Crippen molar-refractivity contribution < 1.29 is 23.9 Å². The zero-order valence-electron chi connectivity index (χ0n) is 10.3. The van der Waals surface area contributed by atoms with E-state index >= 15 is 0 Å². The van der Waals surface area contributed by atoms with E-state index in [1.165, 1.54) is 6.92 Å². The van der Waals surface area contributed by atoms with Crippen LogP contribution >= 0.6 is 0 Å². The van der Waals surface area contributed by atoms with Crippen LogP contribution in [0.1, 0.15) is 13.3 Å². The molecule has 0 spiro atoms. The molecule has 3 N–H and O–H groups in total. The Morgan fingerprint density at radius 2 is 1.88 bits per heavy atom. The second-order valence-corrected chi connectivity index (χ2v) is 4.92. The Bertz CT molecular complexity index is 258. The highest BCUT2D eigenvalue weighted by atomic mass is 16.5. The van der Waals surface area contributed by atoms with Crippen molar-refractivity contribution in [2.45, 2.75) is 25.5 Å². The third-order valence-electron chi connectivity index (χ3n) is 1.81. The van der Waals surface area contributed by atoms with Crippen LogP contribution < -0.4 is 5.73 Å². The lowest BCUT2D eigenvalue weighted by atomic mass is 10.2. The molecule has 0 aliphatic rings. The number of carbonyl (C=O) groups excluding carboxylic acids is 1. The van der Waals surface area contributed by atoms with Crippen molar-refractivity contribution in [1.29, 1.82) is 0 Å². The van der Waals surface area contributed by atoms with Gasteiger partial charge >= 0.3 is 11.9 Å². The van der Waals surface area contributed by atoms with Gasteiger partial charge in [-0.3, -0.25) is 9.59 Å². The summed E-state index contributed by atoms with van der Waals surface area (Å²) in [7, 11) is 5.69. The molecule has 0 amide bonds. The van der Waals surface area contributed by atoms with E-state index in [9.17, 15) is 9.59 Å². The molecule has 0 heterocycles. The lowest BCUT2D eigenvalue weighted by Gasteiger charge is -2.28. The van der Waals surface area contributed by atoms with Crippen LogP contribution in [0.3, 0.4) is 0 Å². The molecule has 0 radical (unpaired) electrons. The zero-order chi connectivity index (χ0) is 12.9. The number of carboxylic acid groups (broad SMARTS) is 1. The third-order valence-corrected chi connectivity index (χ3v) is 1.81. The van der Waals surface area contributed by atoms with E-state index in [1.54, 1.807) is 0 Å². The molecule has 0 fully saturated rings. The summed E-state index contributed by atoms with van der Waals surface area (Å²) < 4.78 is 5.56. The molecule has 0 aromatic rings. The van der Waals surface area contributed by atoms with E-state index in [2.05, 4.69) is 0 Å². The topological polar surface area (TPSA) is 89.6 Å². The molecule has 0 unspecified atom stereocenters. The van der Waals surface area contributed by atoms with Gasteiger partial charge in [0.15, 0.2) is 6.10 Å². The summed E-state index contributed by atoms with van der Waals surface area (Å²) in [5.74, 6) is -1.56. The number of aliphatic carboxylic acids is 1. The Balaban J connectivity index is 4.43. The Labute approximate surface area is 95.6 Å². The summed E-state index contributed by atoms with van der Waals surface area (Å²) in [5, 5.41) is 8.70. The van der Waals surface area contributed by atoms with Gasteiger partial charge in [0.2, 0.25) is 0 Å². The molecule has 0 saturated carbocycles. The molecule has 2 atom stereocenters. The number of ether oxygens (including phenoxy) is 1. The Hall–Kier alpha value is -1.14. The number of hydrogen-bond donors (Lipinski definition) is 2. The van der Waals surface area contributed by atoms with Crippen molar-refractivity contribution in [1.82, 2.24) is 0 Å². The van der Waals surface area contributed by atoms with E-state index < -0.39 is 24.1 Å². The molecule has 0 saturated heterocycles. The standard InChI is InChI=1S/C10H20N2O4/c1-7(11)10(15)16-8(5-9(13)14)6-12(2,3)4/h7-8H,5-6,11H2,1-4H3/p+1/t7-,8-/m0/s1. The number of likely N-dealkylation sites (N-methyl/N-ethyl adjacent to an activating group) is 1. The first-order valence-electron chi connectivity index (χ1n) is 5.10. The highest BCUT2D eigenvalue weighted by molar-refractivity contribution is 5.75. The summed E-state index contributed by atoms with van der Waals surface area (Å²) in [6.07, 6.45) is -0.843. The van der Waals surface area contributed by atoms with E-state index in [0.29, 0.717) is 11.0 Å². The minimum absolute atomic E-state index is 0.200. The predicted molar refractivity (Wildman–Crippen MR) is 58.7 cm³/mol. The summed E-state index contributed by atoms with van der Waals surface area (Å²) >= 11 is 0. The van der Waals surface area contributed by atoms with Crippen molar-refractivity contribution in [2.75, 3.05) is 27.7 Å². The lowest BCUT2D eigenvalue weighted by molar-refractivity contribution is -0.873. The molecule has 16 heavy (non-hydrogen) atoms. The highest BCUT2D eigenvalue weighted by Gasteiger charge is 2.25. The first-order valence-corrected chi connectivity index (χ1v) is 5.10. The Morgan fingerprint density at radius 3 is 2.19 bits per heavy atom. The number of carboxylic acids is 1. The molecule has 6 nitrogen and oxygen atoms in total. The molecular formula is C10H21N2O4+. The number of esters is 1. The third kappa shape index (κ3) is 7.19. The minimum atomic E-state index is -0.990. The van der Waals surface area contributed by atoms with Crippen molar-refractivity contribution in [3.05, 3.63) is 0 Å². The maximum atomic E-state index is 11.3. The molecule has 0 bridgehead atoms. The summed E-state index contributed by atoms with van der Waals surface area (Å²) in [5.41, 5.74) is 5.35. The summed E-state index contributed by atoms with van der Waals surface area (Å²) in [6.45, 7) is 1.94. The molecule has 0 aromatic carbocycles. The molecule has 0 aliphatic heterocycles. The van der Waals surface area contributed by atoms with Crippen molar-refractivity contribution in [3.8, 4) is 0 Å². The van der Waals surface area contributed by atoms with Crippen LogP contribution in [0.5, 0.6) is 0 Å². The van der Waals surface area contributed by atoms with E-state index in [0.717, 1.165) is 0 Å². The molecule has 6 heteroatoms. The van der Waals surface area contributed by atoms with Gasteiger partial charge in [0, 0.05) is 0 Å². The van der Waals surface area contributed by atoms with Gasteiger partial charge in [-0.15, -0.1) is 0 Å². The van der Waals surface area contributed by atoms with E-state index in [1.807, 2.05) is 21.1 Å². The van der Waals surface area contributed by atoms with Gasteiger partial charge in [-0.2, -0.15) is 0 Å². The van der Waals surface area contributed by atoms with Gasteiger partial charge < -0.3 is 20.1 Å². The lowest BCUT2D eigenvalue weighted by Crippen LogP contribution is -2.45. The van der Waals surface area contributed by atoms with Crippen LogP contribution in [0.2, 0.25) is 0 Å². The molecular weight excluding hydrogens is 212 g/mol. The van der Waals surface area contributed by atoms with Gasteiger partial charge in [-0.1, -0.05) is 0 Å². The van der Waals surface area contributed by atoms with Crippen LogP contribution in [0.25, 0.3) is 0 Å². The normalized spacial score (nSPS) is 15.3. The van der Waals surface area contributed by atoms with Gasteiger partial charge in [0.25, 0.3) is 0 Å². The van der Waals surface area contributed by atoms with Crippen LogP contribution in [0, 0.1) is 0 Å². The second-order valence-electron chi connectivity index (χ2n) is 4.92. The quantitative estimate of drug-likeness (QED) is 0.473. The van der Waals surface area contributed by atoms with Crippen molar-refractivity contribution >= 4 is 11.9 Å². The van der Waals surface area contributed by atoms with Crippen LogP contribution in [0.4, 0.5) is 0 Å². The van der Waals surface area contributed by atoms with Gasteiger partial charge in [0.05, 0.1) is 27.6 Å². The fourth-order valence-electron chi connectivity index (χ4n) is 1.22. The van der Waals surface area contributed by atoms with Crippen molar-refractivity contribution in [3.63, 3.8) is 0 Å². The first kappa shape index (κ1) is 14.9. The average molecular weight is 233 g/mol. The monoisotopic (exact) mass is 233 g/mol. The number of hydrogen-bond acceptors (Lipinski definition) is 4. The van der Waals surface area contributed by atoms with E-state index in [4.69, 9.17) is 15.6 Å². The average Bonchev–Trinajstić information content (AvgIpc) is 1.98. The maximum absolute atomic E-state index is 11.3. The number of quaternary nitrogens is 1. The van der Waals surface area contributed by atoms with Crippen molar-refractivity contribution in [2.24, 2.45) is 5.73 Å². The number of nitrogens with two attached hydrogens (primary N) is 1.